The van der Waals surface area contributed by atoms with E-state index in [1.54, 1.807) is 25.3 Å². The van der Waals surface area contributed by atoms with Crippen LogP contribution in [0.25, 0.3) is 33.3 Å². The van der Waals surface area contributed by atoms with Crippen LogP contribution in [0.5, 0.6) is 0 Å². The fourth-order valence-corrected chi connectivity index (χ4v) is 9.42. The number of carbonyl (C=O) groups is 3. The number of hydrazine groups is 1. The molecule has 3 N–H and O–H groups in total. The fourth-order valence-electron chi connectivity index (χ4n) is 9.42. The van der Waals surface area contributed by atoms with E-state index in [9.17, 15) is 19.3 Å². The number of nitrogens with zero attached hydrogens (tertiary/aromatic N) is 6. The molecular formula is C47H64N9O6+. The second kappa shape index (κ2) is 18.9. The lowest BCUT2D eigenvalue weighted by molar-refractivity contribution is -0.835. The SMILES string of the molecule is CCn1c(-c2cnccc2COC)c2c3cc(ccc31)-c1cc(C)cc(c1)C[C@H](NC(=O)[C@H](C(C)C)N(C)C(=O)N1CCNCC1)C(=O)N1CCC[C@H](N1)[N+](=O)OCC(C)(C)C2. The summed E-state index contributed by atoms with van der Waals surface area (Å²) < 4.78 is 7.99. The first-order chi connectivity index (χ1) is 29.7. The van der Waals surface area contributed by atoms with Gasteiger partial charge >= 0.3 is 12.2 Å². The first kappa shape index (κ1) is 44.7. The minimum absolute atomic E-state index is 0.120. The Labute approximate surface area is 365 Å². The van der Waals surface area contributed by atoms with E-state index in [-0.39, 0.29) is 30.9 Å². The average Bonchev–Trinajstić information content (AvgIpc) is 3.56. The zero-order valence-electron chi connectivity index (χ0n) is 37.6. The van der Waals surface area contributed by atoms with Gasteiger partial charge in [0.25, 0.3) is 5.91 Å². The number of aryl methyl sites for hydroxylation is 2. The number of aromatic nitrogens is 2. The van der Waals surface area contributed by atoms with Gasteiger partial charge in [-0.25, -0.2) is 9.63 Å². The summed E-state index contributed by atoms with van der Waals surface area (Å²) in [5, 5.41) is 8.90. The van der Waals surface area contributed by atoms with Crippen LogP contribution in [-0.2, 0) is 45.2 Å². The Bertz CT molecular complexity index is 2300. The van der Waals surface area contributed by atoms with Gasteiger partial charge < -0.3 is 29.7 Å². The van der Waals surface area contributed by atoms with E-state index >= 15 is 0 Å². The van der Waals surface area contributed by atoms with Gasteiger partial charge in [-0.05, 0) is 78.6 Å². The number of nitrogens with one attached hydrogen (secondary N) is 3. The molecule has 0 spiro atoms. The minimum atomic E-state index is -1.01. The van der Waals surface area contributed by atoms with E-state index in [1.807, 2.05) is 39.1 Å². The summed E-state index contributed by atoms with van der Waals surface area (Å²) in [4.78, 5) is 71.0. The monoisotopic (exact) mass is 850 g/mol. The molecule has 0 aliphatic carbocycles. The third kappa shape index (κ3) is 9.49. The first-order valence-electron chi connectivity index (χ1n) is 22.1. The summed E-state index contributed by atoms with van der Waals surface area (Å²) in [6.45, 7) is 16.3. The molecule has 6 bridgehead atoms. The topological polar surface area (TPSA) is 153 Å². The number of likely N-dealkylation sites (N-methyl/N-ethyl adjacent to an activating group) is 1. The van der Waals surface area contributed by atoms with Crippen LogP contribution in [0.3, 0.4) is 0 Å². The molecule has 0 radical (unpaired) electrons. The highest BCUT2D eigenvalue weighted by molar-refractivity contribution is 5.96. The Morgan fingerprint density at radius 1 is 1.10 bits per heavy atom. The highest BCUT2D eigenvalue weighted by Gasteiger charge is 2.41. The molecule has 7 rings (SSSR count). The lowest BCUT2D eigenvalue weighted by Gasteiger charge is -2.37. The van der Waals surface area contributed by atoms with Gasteiger partial charge in [0.15, 0.2) is 6.61 Å². The normalized spacial score (nSPS) is 20.1. The number of hydrogen-bond donors (Lipinski definition) is 3. The number of pyridine rings is 1. The number of urea groups is 1. The molecule has 62 heavy (non-hydrogen) atoms. The lowest BCUT2D eigenvalue weighted by Crippen LogP contribution is -2.63. The second-order valence-corrected chi connectivity index (χ2v) is 18.2. The van der Waals surface area contributed by atoms with Crippen LogP contribution in [-0.4, -0.2) is 119 Å². The number of hydrogen-bond acceptors (Lipinski definition) is 9. The quantitative estimate of drug-likeness (QED) is 0.206. The van der Waals surface area contributed by atoms with Gasteiger partial charge in [0, 0.05) is 101 Å². The van der Waals surface area contributed by atoms with Gasteiger partial charge in [-0.2, -0.15) is 5.43 Å². The van der Waals surface area contributed by atoms with Crippen molar-refractivity contribution < 1.29 is 28.9 Å². The molecule has 5 heterocycles. The van der Waals surface area contributed by atoms with Crippen LogP contribution < -0.4 is 16.1 Å². The summed E-state index contributed by atoms with van der Waals surface area (Å²) in [5.41, 5.74) is 11.8. The van der Waals surface area contributed by atoms with E-state index in [2.05, 4.69) is 76.7 Å². The van der Waals surface area contributed by atoms with Crippen LogP contribution in [0.1, 0.15) is 69.7 Å². The van der Waals surface area contributed by atoms with Gasteiger partial charge in [0.1, 0.15) is 12.1 Å². The van der Waals surface area contributed by atoms with Crippen LogP contribution in [0.15, 0.2) is 54.9 Å². The molecule has 2 aromatic heterocycles. The molecule has 4 amide bonds. The van der Waals surface area contributed by atoms with Crippen molar-refractivity contribution in [1.82, 2.24) is 40.4 Å². The maximum absolute atomic E-state index is 14.7. The third-order valence-electron chi connectivity index (χ3n) is 12.4. The molecular weight excluding hydrogens is 787 g/mol. The number of ether oxygens (including phenoxy) is 1. The molecule has 15 nitrogen and oxygen atoms in total. The van der Waals surface area contributed by atoms with Crippen molar-refractivity contribution in [3.63, 3.8) is 0 Å². The van der Waals surface area contributed by atoms with Gasteiger partial charge in [0.05, 0.1) is 17.2 Å². The number of carbonyl (C=O) groups excluding carboxylic acids is 3. The summed E-state index contributed by atoms with van der Waals surface area (Å²) in [7, 11) is 3.35. The average molecular weight is 851 g/mol. The fraction of sp³-hybridized carbons (Fsp3) is 0.532. The zero-order chi connectivity index (χ0) is 44.3. The Kier molecular flexibility index (Phi) is 13.6. The van der Waals surface area contributed by atoms with Crippen molar-refractivity contribution in [2.45, 2.75) is 98.6 Å². The second-order valence-electron chi connectivity index (χ2n) is 18.2. The van der Waals surface area contributed by atoms with Crippen molar-refractivity contribution >= 4 is 28.7 Å². The Morgan fingerprint density at radius 3 is 2.60 bits per heavy atom. The highest BCUT2D eigenvalue weighted by atomic mass is 16.8. The van der Waals surface area contributed by atoms with Gasteiger partial charge in [-0.3, -0.25) is 19.6 Å². The molecule has 4 aromatic rings. The number of amides is 4. The van der Waals surface area contributed by atoms with E-state index in [1.165, 1.54) is 9.91 Å². The summed E-state index contributed by atoms with van der Waals surface area (Å²) in [5.74, 6) is -1.03. The molecule has 332 valence electrons. The Hall–Kier alpha value is -5.38. The van der Waals surface area contributed by atoms with E-state index < -0.39 is 29.6 Å². The Balaban J connectivity index is 1.33. The Morgan fingerprint density at radius 2 is 1.87 bits per heavy atom. The maximum atomic E-state index is 14.7. The molecule has 2 aromatic carbocycles. The van der Waals surface area contributed by atoms with Crippen LogP contribution in [0, 0.1) is 23.2 Å². The van der Waals surface area contributed by atoms with Crippen molar-refractivity contribution in [2.24, 2.45) is 11.3 Å². The van der Waals surface area contributed by atoms with Crippen LogP contribution >= 0.6 is 0 Å². The zero-order valence-corrected chi connectivity index (χ0v) is 37.6. The third-order valence-corrected chi connectivity index (χ3v) is 12.4. The summed E-state index contributed by atoms with van der Waals surface area (Å²) in [6.07, 6.45) is 4.66. The molecule has 0 unspecified atom stereocenters. The number of methoxy groups -OCH3 is 1. The van der Waals surface area contributed by atoms with Crippen molar-refractivity contribution in [2.75, 3.05) is 53.5 Å². The van der Waals surface area contributed by atoms with Crippen molar-refractivity contribution in [1.29, 1.82) is 0 Å². The summed E-state index contributed by atoms with van der Waals surface area (Å²) >= 11 is 0. The predicted molar refractivity (Wildman–Crippen MR) is 239 cm³/mol. The maximum Gasteiger partial charge on any atom is 0.326 e. The summed E-state index contributed by atoms with van der Waals surface area (Å²) in [6, 6.07) is 12.8. The van der Waals surface area contributed by atoms with E-state index in [0.29, 0.717) is 70.1 Å². The van der Waals surface area contributed by atoms with Crippen molar-refractivity contribution in [3.8, 4) is 22.4 Å². The molecule has 2 fully saturated rings. The molecule has 0 saturated carbocycles. The molecule has 15 heteroatoms. The minimum Gasteiger partial charge on any atom is -0.380 e. The predicted octanol–water partition coefficient (Wildman–Crippen LogP) is 5.60. The number of rotatable bonds is 8. The molecule has 3 atom stereocenters. The van der Waals surface area contributed by atoms with Gasteiger partial charge in [-0.15, -0.1) is 0 Å². The lowest BCUT2D eigenvalue weighted by atomic mass is 9.84. The molecule has 2 saturated heterocycles. The molecule has 3 aliphatic rings. The number of fused-ring (bicyclic) bond motifs is 6. The van der Waals surface area contributed by atoms with E-state index in [0.717, 1.165) is 55.5 Å². The standard InChI is InChI=1S/C47H63N9O6/c1-9-54-40-13-12-33-25-36(40)37(43(54)38-27-49-15-14-34(38)28-61-8)26-47(5,6)29-62-56(60)41-11-10-18-55(51-41)45(58)39(24-32-21-31(4)22-35(33)23-32)50-44(57)42(30(2)3)52(7)46(59)53-19-16-48-17-20-53/h12-15,21-23,25,27,30,39,41-42,48,51H,9-11,16-20,24,26,28-29H2,1-8H3/p+1/t39-,41+,42-/m0/s1. The van der Waals surface area contributed by atoms with Crippen LogP contribution in [0.2, 0.25) is 0 Å². The van der Waals surface area contributed by atoms with Gasteiger partial charge in [0.2, 0.25) is 10.8 Å². The largest absolute Gasteiger partial charge is 0.380 e. The van der Waals surface area contributed by atoms with Crippen molar-refractivity contribution in [3.05, 3.63) is 82.0 Å². The number of benzene rings is 2. The van der Waals surface area contributed by atoms with Crippen LogP contribution in [0.4, 0.5) is 4.79 Å². The number of piperazine rings is 1. The smallest absolute Gasteiger partial charge is 0.326 e. The first-order valence-corrected chi connectivity index (χ1v) is 22.1. The van der Waals surface area contributed by atoms with Gasteiger partial charge in [-0.1, -0.05) is 57.5 Å². The highest BCUT2D eigenvalue weighted by Crippen LogP contribution is 2.41. The van der Waals surface area contributed by atoms with E-state index in [4.69, 9.17) is 9.57 Å². The molecule has 3 aliphatic heterocycles.